The zero-order chi connectivity index (χ0) is 19.1. The van der Waals surface area contributed by atoms with Gasteiger partial charge in [-0.05, 0) is 49.9 Å². The maximum Gasteiger partial charge on any atom is 0.307 e. The molecule has 2 fully saturated rings. The SMILES string of the molecule is CNS(=O)(=O)c1cc(C(=O)N2CCC3(CC2)CC3C(=O)O)ccc1OC. The van der Waals surface area contributed by atoms with Crippen molar-refractivity contribution in [3.05, 3.63) is 23.8 Å². The lowest BCUT2D eigenvalue weighted by atomic mass is 9.90. The highest BCUT2D eigenvalue weighted by molar-refractivity contribution is 7.89. The number of amides is 1. The van der Waals surface area contributed by atoms with Crippen LogP contribution in [-0.2, 0) is 14.8 Å². The van der Waals surface area contributed by atoms with Gasteiger partial charge in [0.15, 0.2) is 0 Å². The van der Waals surface area contributed by atoms with E-state index in [9.17, 15) is 18.0 Å². The molecule has 1 aliphatic carbocycles. The van der Waals surface area contributed by atoms with E-state index in [0.29, 0.717) is 32.4 Å². The number of hydrogen-bond donors (Lipinski definition) is 2. The van der Waals surface area contributed by atoms with Crippen LogP contribution in [0.3, 0.4) is 0 Å². The summed E-state index contributed by atoms with van der Waals surface area (Å²) in [6.45, 7) is 0.950. The largest absolute Gasteiger partial charge is 0.495 e. The molecule has 1 spiro atoms. The Kier molecular flexibility index (Phi) is 4.70. The Balaban J connectivity index is 1.77. The number of hydrogen-bond acceptors (Lipinski definition) is 5. The lowest BCUT2D eigenvalue weighted by Crippen LogP contribution is -2.40. The maximum atomic E-state index is 12.8. The summed E-state index contributed by atoms with van der Waals surface area (Å²) in [5, 5.41) is 9.15. The Morgan fingerprint density at radius 3 is 2.46 bits per heavy atom. The molecule has 1 aromatic rings. The summed E-state index contributed by atoms with van der Waals surface area (Å²) in [5.74, 6) is -1.16. The van der Waals surface area contributed by atoms with Gasteiger partial charge in [0.1, 0.15) is 10.6 Å². The monoisotopic (exact) mass is 382 g/mol. The quantitative estimate of drug-likeness (QED) is 0.783. The first kappa shape index (κ1) is 18.7. The number of carboxylic acids is 1. The number of benzene rings is 1. The van der Waals surface area contributed by atoms with Crippen molar-refractivity contribution in [2.24, 2.45) is 11.3 Å². The second-order valence-corrected chi connectivity index (χ2v) is 8.68. The highest BCUT2D eigenvalue weighted by Crippen LogP contribution is 2.59. The predicted octanol–water partition coefficient (Wildman–Crippen LogP) is 0.930. The van der Waals surface area contributed by atoms with Crippen LogP contribution in [0.15, 0.2) is 23.1 Å². The molecule has 1 saturated heterocycles. The minimum absolute atomic E-state index is 0.0880. The van der Waals surface area contributed by atoms with Crippen LogP contribution < -0.4 is 9.46 Å². The summed E-state index contributed by atoms with van der Waals surface area (Å²) < 4.78 is 31.6. The Hall–Kier alpha value is -2.13. The molecule has 0 aromatic heterocycles. The van der Waals surface area contributed by atoms with Crippen molar-refractivity contribution in [2.75, 3.05) is 27.2 Å². The van der Waals surface area contributed by atoms with Gasteiger partial charge in [0, 0.05) is 18.7 Å². The van der Waals surface area contributed by atoms with Gasteiger partial charge in [-0.1, -0.05) is 0 Å². The summed E-state index contributed by atoms with van der Waals surface area (Å²) in [7, 11) is -1.11. The molecule has 3 rings (SSSR count). The number of ether oxygens (including phenoxy) is 1. The molecule has 0 bridgehead atoms. The number of likely N-dealkylation sites (tertiary alicyclic amines) is 1. The van der Waals surface area contributed by atoms with Crippen LogP contribution >= 0.6 is 0 Å². The minimum Gasteiger partial charge on any atom is -0.495 e. The highest BCUT2D eigenvalue weighted by Gasteiger charge is 2.59. The Labute approximate surface area is 152 Å². The number of carboxylic acid groups (broad SMARTS) is 1. The van der Waals surface area contributed by atoms with Crippen LogP contribution in [0, 0.1) is 11.3 Å². The van der Waals surface area contributed by atoms with Gasteiger partial charge in [0.25, 0.3) is 5.91 Å². The molecule has 26 heavy (non-hydrogen) atoms. The molecule has 9 heteroatoms. The van der Waals surface area contributed by atoms with Gasteiger partial charge in [0.05, 0.1) is 13.0 Å². The first-order valence-electron chi connectivity index (χ1n) is 8.38. The number of nitrogens with one attached hydrogen (secondary N) is 1. The van der Waals surface area contributed by atoms with E-state index >= 15 is 0 Å². The first-order valence-corrected chi connectivity index (χ1v) is 9.86. The normalized spacial score (nSPS) is 21.5. The lowest BCUT2D eigenvalue weighted by molar-refractivity contribution is -0.139. The molecule has 2 N–H and O–H groups in total. The fourth-order valence-corrected chi connectivity index (χ4v) is 4.64. The third-order valence-electron chi connectivity index (χ3n) is 5.50. The van der Waals surface area contributed by atoms with Crippen LogP contribution in [0.25, 0.3) is 0 Å². The number of nitrogens with zero attached hydrogens (tertiary/aromatic N) is 1. The molecular weight excluding hydrogens is 360 g/mol. The fourth-order valence-electron chi connectivity index (χ4n) is 3.72. The zero-order valence-corrected chi connectivity index (χ0v) is 15.5. The van der Waals surface area contributed by atoms with Crippen molar-refractivity contribution in [1.82, 2.24) is 9.62 Å². The van der Waals surface area contributed by atoms with Gasteiger partial charge in [-0.3, -0.25) is 9.59 Å². The van der Waals surface area contributed by atoms with Gasteiger partial charge >= 0.3 is 5.97 Å². The van der Waals surface area contributed by atoms with E-state index in [1.807, 2.05) is 0 Å². The van der Waals surface area contributed by atoms with Crippen LogP contribution in [0.2, 0.25) is 0 Å². The van der Waals surface area contributed by atoms with Crippen molar-refractivity contribution in [2.45, 2.75) is 24.2 Å². The molecule has 0 radical (unpaired) electrons. The Morgan fingerprint density at radius 2 is 1.96 bits per heavy atom. The predicted molar refractivity (Wildman–Crippen MR) is 92.6 cm³/mol. The van der Waals surface area contributed by atoms with Crippen LogP contribution in [0.5, 0.6) is 5.75 Å². The second kappa shape index (κ2) is 6.55. The average molecular weight is 382 g/mol. The average Bonchev–Trinajstić information content (AvgIpc) is 3.35. The molecule has 142 valence electrons. The molecule has 1 atom stereocenters. The number of carbonyl (C=O) groups is 2. The van der Waals surface area contributed by atoms with Crippen molar-refractivity contribution >= 4 is 21.9 Å². The Bertz CT molecular complexity index is 843. The fraction of sp³-hybridized carbons (Fsp3) is 0.529. The summed E-state index contributed by atoms with van der Waals surface area (Å²) in [5.41, 5.74) is 0.101. The molecule has 1 aromatic carbocycles. The van der Waals surface area contributed by atoms with Crippen LogP contribution in [-0.4, -0.2) is 57.5 Å². The number of methoxy groups -OCH3 is 1. The summed E-state index contributed by atoms with van der Waals surface area (Å²) in [6, 6.07) is 4.32. The van der Waals surface area contributed by atoms with Gasteiger partial charge in [-0.15, -0.1) is 0 Å². The van der Waals surface area contributed by atoms with Crippen LogP contribution in [0.1, 0.15) is 29.6 Å². The van der Waals surface area contributed by atoms with E-state index in [4.69, 9.17) is 9.84 Å². The maximum absolute atomic E-state index is 12.8. The number of aliphatic carboxylic acids is 1. The van der Waals surface area contributed by atoms with Gasteiger partial charge in [-0.2, -0.15) is 0 Å². The minimum atomic E-state index is -3.76. The van der Waals surface area contributed by atoms with E-state index in [2.05, 4.69) is 4.72 Å². The molecule has 2 aliphatic rings. The molecule has 1 heterocycles. The second-order valence-electron chi connectivity index (χ2n) is 6.82. The molecule has 1 amide bonds. The molecule has 1 aliphatic heterocycles. The van der Waals surface area contributed by atoms with Crippen molar-refractivity contribution < 1.29 is 27.9 Å². The van der Waals surface area contributed by atoms with Crippen molar-refractivity contribution in [1.29, 1.82) is 0 Å². The van der Waals surface area contributed by atoms with Gasteiger partial charge in [0.2, 0.25) is 10.0 Å². The van der Waals surface area contributed by atoms with Crippen molar-refractivity contribution in [3.63, 3.8) is 0 Å². The molecular formula is C17H22N2O6S. The first-order chi connectivity index (χ1) is 12.2. The third-order valence-corrected chi connectivity index (χ3v) is 6.94. The van der Waals surface area contributed by atoms with E-state index in [0.717, 1.165) is 0 Å². The van der Waals surface area contributed by atoms with Gasteiger partial charge in [-0.25, -0.2) is 13.1 Å². The molecule has 1 saturated carbocycles. The Morgan fingerprint density at radius 1 is 1.31 bits per heavy atom. The van der Waals surface area contributed by atoms with Gasteiger partial charge < -0.3 is 14.7 Å². The standard InChI is InChI=1S/C17H22N2O6S/c1-18-26(23,24)14-9-11(3-4-13(14)25-2)15(20)19-7-5-17(6-8-19)10-12(17)16(21)22/h3-4,9,12,18H,5-8,10H2,1-2H3,(H,21,22). The molecule has 1 unspecified atom stereocenters. The summed E-state index contributed by atoms with van der Waals surface area (Å²) in [6.07, 6.45) is 2.00. The van der Waals surface area contributed by atoms with E-state index in [-0.39, 0.29) is 33.4 Å². The lowest BCUT2D eigenvalue weighted by Gasteiger charge is -2.32. The van der Waals surface area contributed by atoms with Crippen molar-refractivity contribution in [3.8, 4) is 5.75 Å². The topological polar surface area (TPSA) is 113 Å². The van der Waals surface area contributed by atoms with Crippen LogP contribution in [0.4, 0.5) is 0 Å². The number of carbonyl (C=O) groups excluding carboxylic acids is 1. The number of sulfonamides is 1. The number of piperidine rings is 1. The molecule has 8 nitrogen and oxygen atoms in total. The summed E-state index contributed by atoms with van der Waals surface area (Å²) in [4.78, 5) is 25.5. The third kappa shape index (κ3) is 3.16. The van der Waals surface area contributed by atoms with E-state index in [1.54, 1.807) is 4.90 Å². The smallest absolute Gasteiger partial charge is 0.307 e. The number of rotatable bonds is 5. The summed E-state index contributed by atoms with van der Waals surface area (Å²) >= 11 is 0. The van der Waals surface area contributed by atoms with E-state index < -0.39 is 16.0 Å². The zero-order valence-electron chi connectivity index (χ0n) is 14.7. The van der Waals surface area contributed by atoms with E-state index in [1.165, 1.54) is 32.4 Å². The highest BCUT2D eigenvalue weighted by atomic mass is 32.2.